The van der Waals surface area contributed by atoms with Crippen LogP contribution in [-0.4, -0.2) is 42.1 Å². The Morgan fingerprint density at radius 2 is 2.25 bits per heavy atom. The number of likely N-dealkylation sites (tertiary alicyclic amines) is 1. The van der Waals surface area contributed by atoms with Gasteiger partial charge in [0.2, 0.25) is 0 Å². The summed E-state index contributed by atoms with van der Waals surface area (Å²) in [5.41, 5.74) is 0.0181. The number of benzene rings is 1. The Balaban J connectivity index is 1.75. The number of fused-ring (bicyclic) bond motifs is 1. The number of nitrogens with zero attached hydrogens (tertiary/aromatic N) is 1. The first-order chi connectivity index (χ1) is 9.53. The minimum Gasteiger partial charge on any atom is -0.482 e. The molecule has 2 heterocycles. The standard InChI is InChI=1S/C14H14BrNO4/c1-2-19-13(18)16-7-14(8-16)6-11(17)10-5-9(15)3-4-12(10)20-14/h3-5H,2,6-8H2,1H3. The maximum Gasteiger partial charge on any atom is 0.410 e. The summed E-state index contributed by atoms with van der Waals surface area (Å²) in [5, 5.41) is 0. The maximum atomic E-state index is 12.2. The van der Waals surface area contributed by atoms with Crippen LogP contribution < -0.4 is 4.74 Å². The molecule has 1 fully saturated rings. The summed E-state index contributed by atoms with van der Waals surface area (Å²) in [6.45, 7) is 2.90. The SMILES string of the molecule is CCOC(=O)N1CC2(CC(=O)c3cc(Br)ccc3O2)C1. The van der Waals surface area contributed by atoms with Gasteiger partial charge in [-0.25, -0.2) is 4.79 Å². The van der Waals surface area contributed by atoms with Crippen molar-refractivity contribution in [2.45, 2.75) is 18.9 Å². The third kappa shape index (κ3) is 2.18. The predicted octanol–water partition coefficient (Wildman–Crippen LogP) is 2.63. The van der Waals surface area contributed by atoms with Crippen LogP contribution in [0.4, 0.5) is 4.79 Å². The molecule has 1 amide bonds. The van der Waals surface area contributed by atoms with E-state index in [-0.39, 0.29) is 11.9 Å². The lowest BCUT2D eigenvalue weighted by Gasteiger charge is -2.50. The highest BCUT2D eigenvalue weighted by molar-refractivity contribution is 9.10. The number of halogens is 1. The molecule has 1 saturated heterocycles. The first-order valence-electron chi connectivity index (χ1n) is 6.46. The van der Waals surface area contributed by atoms with Crippen molar-refractivity contribution in [3.05, 3.63) is 28.2 Å². The zero-order valence-electron chi connectivity index (χ0n) is 11.0. The van der Waals surface area contributed by atoms with Crippen LogP contribution in [0.15, 0.2) is 22.7 Å². The third-order valence-electron chi connectivity index (χ3n) is 3.54. The monoisotopic (exact) mass is 339 g/mol. The van der Waals surface area contributed by atoms with E-state index in [1.165, 1.54) is 0 Å². The summed E-state index contributed by atoms with van der Waals surface area (Å²) in [6.07, 6.45) is -0.0532. The smallest absolute Gasteiger partial charge is 0.410 e. The third-order valence-corrected chi connectivity index (χ3v) is 4.03. The van der Waals surface area contributed by atoms with Gasteiger partial charge in [0, 0.05) is 4.47 Å². The molecule has 0 aliphatic carbocycles. The number of ether oxygens (including phenoxy) is 2. The molecule has 0 unspecified atom stereocenters. The van der Waals surface area contributed by atoms with Crippen LogP contribution in [0.5, 0.6) is 5.75 Å². The van der Waals surface area contributed by atoms with Crippen molar-refractivity contribution in [1.82, 2.24) is 4.90 Å². The van der Waals surface area contributed by atoms with Crippen LogP contribution >= 0.6 is 15.9 Å². The molecule has 1 spiro atoms. The highest BCUT2D eigenvalue weighted by Gasteiger charge is 2.52. The molecule has 0 saturated carbocycles. The molecule has 106 valence electrons. The molecule has 6 heteroatoms. The van der Waals surface area contributed by atoms with Crippen LogP contribution in [0, 0.1) is 0 Å². The zero-order valence-corrected chi connectivity index (χ0v) is 12.6. The summed E-state index contributed by atoms with van der Waals surface area (Å²) in [6, 6.07) is 5.39. The Hall–Kier alpha value is -1.56. The van der Waals surface area contributed by atoms with Gasteiger partial charge in [0.05, 0.1) is 31.7 Å². The molecule has 0 bridgehead atoms. The minimum absolute atomic E-state index is 0.0519. The Morgan fingerprint density at radius 1 is 1.50 bits per heavy atom. The van der Waals surface area contributed by atoms with Gasteiger partial charge in [-0.1, -0.05) is 15.9 Å². The van der Waals surface area contributed by atoms with Gasteiger partial charge in [0.1, 0.15) is 5.75 Å². The van der Waals surface area contributed by atoms with Gasteiger partial charge in [0.25, 0.3) is 0 Å². The molecule has 0 N–H and O–H groups in total. The van der Waals surface area contributed by atoms with Crippen molar-refractivity contribution >= 4 is 27.8 Å². The van der Waals surface area contributed by atoms with Gasteiger partial charge < -0.3 is 14.4 Å². The average molecular weight is 340 g/mol. The quantitative estimate of drug-likeness (QED) is 0.789. The van der Waals surface area contributed by atoms with Crippen molar-refractivity contribution in [3.8, 4) is 5.75 Å². The average Bonchev–Trinajstić information content (AvgIpc) is 2.37. The van der Waals surface area contributed by atoms with E-state index >= 15 is 0 Å². The molecule has 5 nitrogen and oxygen atoms in total. The van der Waals surface area contributed by atoms with E-state index in [1.54, 1.807) is 24.0 Å². The molecule has 2 aliphatic heterocycles. The molecule has 3 rings (SSSR count). The van der Waals surface area contributed by atoms with E-state index in [4.69, 9.17) is 9.47 Å². The number of Topliss-reactive ketones (excluding diaryl/α,β-unsaturated/α-hetero) is 1. The summed E-state index contributed by atoms with van der Waals surface area (Å²) in [7, 11) is 0. The second kappa shape index (κ2) is 4.77. The lowest BCUT2D eigenvalue weighted by Crippen LogP contribution is -2.68. The number of carbonyl (C=O) groups is 2. The second-order valence-corrected chi connectivity index (χ2v) is 6.00. The fourth-order valence-electron chi connectivity index (χ4n) is 2.64. The van der Waals surface area contributed by atoms with Crippen molar-refractivity contribution < 1.29 is 19.1 Å². The van der Waals surface area contributed by atoms with Gasteiger partial charge in [-0.05, 0) is 25.1 Å². The lowest BCUT2D eigenvalue weighted by molar-refractivity contribution is -0.0729. The van der Waals surface area contributed by atoms with Crippen LogP contribution in [0.3, 0.4) is 0 Å². The van der Waals surface area contributed by atoms with Gasteiger partial charge in [0.15, 0.2) is 11.4 Å². The summed E-state index contributed by atoms with van der Waals surface area (Å²) >= 11 is 3.35. The van der Waals surface area contributed by atoms with Gasteiger partial charge >= 0.3 is 6.09 Å². The van der Waals surface area contributed by atoms with E-state index < -0.39 is 5.60 Å². The number of ketones is 1. The van der Waals surface area contributed by atoms with E-state index in [1.807, 2.05) is 6.07 Å². The second-order valence-electron chi connectivity index (χ2n) is 5.08. The molecule has 2 aliphatic rings. The van der Waals surface area contributed by atoms with Crippen LogP contribution in [0.25, 0.3) is 0 Å². The number of carbonyl (C=O) groups excluding carboxylic acids is 2. The Labute approximate surface area is 125 Å². The molecule has 0 aromatic heterocycles. The predicted molar refractivity (Wildman–Crippen MR) is 75.0 cm³/mol. The largest absolute Gasteiger partial charge is 0.482 e. The van der Waals surface area contributed by atoms with Crippen molar-refractivity contribution in [1.29, 1.82) is 0 Å². The van der Waals surface area contributed by atoms with Crippen molar-refractivity contribution in [3.63, 3.8) is 0 Å². The van der Waals surface area contributed by atoms with Crippen LogP contribution in [-0.2, 0) is 4.74 Å². The summed E-state index contributed by atoms with van der Waals surface area (Å²) in [5.74, 6) is 0.643. The van der Waals surface area contributed by atoms with E-state index in [0.717, 1.165) is 4.47 Å². The first kappa shape index (κ1) is 13.4. The highest BCUT2D eigenvalue weighted by atomic mass is 79.9. The molecule has 0 atom stereocenters. The van der Waals surface area contributed by atoms with E-state index in [9.17, 15) is 9.59 Å². The molecule has 0 radical (unpaired) electrons. The Morgan fingerprint density at radius 3 is 2.95 bits per heavy atom. The minimum atomic E-state index is -0.579. The topological polar surface area (TPSA) is 55.8 Å². The van der Waals surface area contributed by atoms with E-state index in [2.05, 4.69) is 15.9 Å². The Kier molecular flexibility index (Phi) is 3.20. The molecular formula is C14H14BrNO4. The van der Waals surface area contributed by atoms with E-state index in [0.29, 0.717) is 37.4 Å². The maximum absolute atomic E-state index is 12.2. The normalized spacial score (nSPS) is 19.1. The van der Waals surface area contributed by atoms with Crippen LogP contribution in [0.2, 0.25) is 0 Å². The van der Waals surface area contributed by atoms with Gasteiger partial charge in [-0.3, -0.25) is 4.79 Å². The van der Waals surface area contributed by atoms with Crippen molar-refractivity contribution in [2.24, 2.45) is 0 Å². The molecule has 1 aromatic rings. The summed E-state index contributed by atoms with van der Waals surface area (Å²) in [4.78, 5) is 25.3. The van der Waals surface area contributed by atoms with Gasteiger partial charge in [-0.15, -0.1) is 0 Å². The molecular weight excluding hydrogens is 326 g/mol. The number of hydrogen-bond acceptors (Lipinski definition) is 4. The zero-order chi connectivity index (χ0) is 14.3. The van der Waals surface area contributed by atoms with Crippen molar-refractivity contribution in [2.75, 3.05) is 19.7 Å². The molecule has 20 heavy (non-hydrogen) atoms. The Bertz CT molecular complexity index is 581. The lowest BCUT2D eigenvalue weighted by atomic mass is 9.84. The fourth-order valence-corrected chi connectivity index (χ4v) is 3.00. The van der Waals surface area contributed by atoms with Crippen LogP contribution in [0.1, 0.15) is 23.7 Å². The number of hydrogen-bond donors (Lipinski definition) is 0. The summed E-state index contributed by atoms with van der Waals surface area (Å²) < 4.78 is 11.7. The highest BCUT2D eigenvalue weighted by Crippen LogP contribution is 2.39. The van der Waals surface area contributed by atoms with Gasteiger partial charge in [-0.2, -0.15) is 0 Å². The number of rotatable bonds is 1. The number of amides is 1. The molecule has 1 aromatic carbocycles. The first-order valence-corrected chi connectivity index (χ1v) is 7.26. The fraction of sp³-hybridized carbons (Fsp3) is 0.429.